The predicted molar refractivity (Wildman–Crippen MR) is 130 cm³/mol. The van der Waals surface area contributed by atoms with Gasteiger partial charge in [0, 0.05) is 26.5 Å². The number of hydrogen-bond donors (Lipinski definition) is 0. The number of hydrogen-bond acceptors (Lipinski definition) is 2. The Hall–Kier alpha value is -3.15. The maximum atomic E-state index is 13.2. The number of nitrogens with zero attached hydrogens (tertiary/aromatic N) is 1. The van der Waals surface area contributed by atoms with Crippen LogP contribution in [0.25, 0.3) is 36.9 Å². The van der Waals surface area contributed by atoms with Crippen LogP contribution in [0, 0.1) is 0 Å². The van der Waals surface area contributed by atoms with E-state index in [2.05, 4.69) is 56.9 Å². The summed E-state index contributed by atoms with van der Waals surface area (Å²) in [5, 5.41) is 2.39. The molecule has 0 amide bonds. The summed E-state index contributed by atoms with van der Waals surface area (Å²) in [4.78, 5) is 0.672. The molecule has 0 N–H and O–H groups in total. The molecule has 0 saturated heterocycles. The Balaban J connectivity index is 1.53. The fraction of sp³-hybridized carbons (Fsp3) is 0. The van der Waals surface area contributed by atoms with E-state index in [-0.39, 0.29) is 0 Å². The molecule has 0 radical (unpaired) electrons. The summed E-state index contributed by atoms with van der Waals surface area (Å²) in [6.45, 7) is 0. The third kappa shape index (κ3) is 2.60. The fourth-order valence-corrected chi connectivity index (χ4v) is 7.55. The van der Waals surface area contributed by atoms with E-state index in [1.807, 2.05) is 48.5 Å². The zero-order valence-electron chi connectivity index (χ0n) is 16.3. The van der Waals surface area contributed by atoms with Crippen LogP contribution in [0.2, 0.25) is 0 Å². The summed E-state index contributed by atoms with van der Waals surface area (Å²) in [6, 6.07) is 31.5. The molecule has 150 valence electrons. The highest BCUT2D eigenvalue weighted by Crippen LogP contribution is 2.47. The van der Waals surface area contributed by atoms with Crippen LogP contribution in [-0.4, -0.2) is 13.0 Å². The molecular weight excluding hydrogens is 470 g/mol. The Morgan fingerprint density at radius 3 is 1.81 bits per heavy atom. The Morgan fingerprint density at radius 2 is 1.19 bits per heavy atom. The van der Waals surface area contributed by atoms with Gasteiger partial charge in [0.2, 0.25) is 9.84 Å². The van der Waals surface area contributed by atoms with Crippen molar-refractivity contribution in [1.29, 1.82) is 0 Å². The molecule has 0 spiro atoms. The maximum Gasteiger partial charge on any atom is 0.208 e. The lowest BCUT2D eigenvalue weighted by atomic mass is 10.1. The van der Waals surface area contributed by atoms with Crippen molar-refractivity contribution in [3.63, 3.8) is 0 Å². The lowest BCUT2D eigenvalue weighted by Crippen LogP contribution is -2.01. The molecule has 0 bridgehead atoms. The number of para-hydroxylation sites is 2. The van der Waals surface area contributed by atoms with Gasteiger partial charge in [-0.2, -0.15) is 0 Å². The third-order valence-electron chi connectivity index (χ3n) is 5.85. The lowest BCUT2D eigenvalue weighted by molar-refractivity contribution is 0.606. The van der Waals surface area contributed by atoms with Gasteiger partial charge in [0.15, 0.2) is 0 Å². The van der Waals surface area contributed by atoms with Gasteiger partial charge in [-0.3, -0.25) is 0 Å². The Kier molecular flexibility index (Phi) is 4.01. The number of fused-ring (bicyclic) bond motifs is 4. The fourth-order valence-electron chi connectivity index (χ4n) is 4.48. The molecule has 4 aromatic carbocycles. The quantitative estimate of drug-likeness (QED) is 0.276. The van der Waals surface area contributed by atoms with E-state index in [0.717, 1.165) is 16.7 Å². The van der Waals surface area contributed by atoms with Crippen LogP contribution in [0.5, 0.6) is 0 Å². The molecule has 0 saturated carbocycles. The predicted octanol–water partition coefficient (Wildman–Crippen LogP) is 6.79. The molecule has 5 aromatic rings. The van der Waals surface area contributed by atoms with Crippen LogP contribution < -0.4 is 0 Å². The molecule has 0 fully saturated rings. The minimum Gasteiger partial charge on any atom is -0.309 e. The summed E-state index contributed by atoms with van der Waals surface area (Å²) in [6.07, 6.45) is 0. The van der Waals surface area contributed by atoms with Crippen molar-refractivity contribution in [2.24, 2.45) is 0 Å². The molecule has 3 nitrogen and oxygen atoms in total. The molecule has 0 atom stereocenters. The molecule has 0 aliphatic carbocycles. The summed E-state index contributed by atoms with van der Waals surface area (Å²) >= 11 is 3.53. The maximum absolute atomic E-state index is 13.2. The van der Waals surface area contributed by atoms with Crippen LogP contribution in [0.1, 0.15) is 11.1 Å². The van der Waals surface area contributed by atoms with Gasteiger partial charge in [0.25, 0.3) is 0 Å². The summed E-state index contributed by atoms with van der Waals surface area (Å²) in [5.74, 6) is 0. The van der Waals surface area contributed by atoms with Gasteiger partial charge in [-0.1, -0.05) is 66.7 Å². The van der Waals surface area contributed by atoms with Crippen LogP contribution in [0.3, 0.4) is 0 Å². The number of rotatable bonds is 2. The monoisotopic (exact) mass is 485 g/mol. The van der Waals surface area contributed by atoms with Gasteiger partial charge in [-0.25, -0.2) is 8.42 Å². The average molecular weight is 486 g/mol. The first-order valence-electron chi connectivity index (χ1n) is 9.90. The van der Waals surface area contributed by atoms with Crippen LogP contribution >= 0.6 is 15.9 Å². The number of sulfone groups is 1. The Bertz CT molecular complexity index is 1590. The zero-order chi connectivity index (χ0) is 21.2. The minimum absolute atomic E-state index is 0.322. The second-order valence-corrected chi connectivity index (χ2v) is 10.2. The Labute approximate surface area is 188 Å². The van der Waals surface area contributed by atoms with E-state index in [9.17, 15) is 8.42 Å². The topological polar surface area (TPSA) is 39.1 Å². The molecule has 1 aliphatic heterocycles. The molecule has 6 rings (SSSR count). The van der Waals surface area contributed by atoms with E-state index in [4.69, 9.17) is 0 Å². The molecule has 31 heavy (non-hydrogen) atoms. The van der Waals surface area contributed by atoms with Gasteiger partial charge in [0.05, 0.1) is 20.8 Å². The van der Waals surface area contributed by atoms with Crippen molar-refractivity contribution in [3.05, 3.63) is 108 Å². The van der Waals surface area contributed by atoms with Crippen LogP contribution in [0.4, 0.5) is 0 Å². The van der Waals surface area contributed by atoms with E-state index in [0.29, 0.717) is 25.4 Å². The summed E-state index contributed by atoms with van der Waals surface area (Å²) in [7, 11) is -3.56. The molecule has 1 aromatic heterocycles. The van der Waals surface area contributed by atoms with E-state index < -0.39 is 9.84 Å². The van der Waals surface area contributed by atoms with Crippen molar-refractivity contribution in [2.75, 3.05) is 0 Å². The first-order valence-corrected chi connectivity index (χ1v) is 12.2. The summed E-state index contributed by atoms with van der Waals surface area (Å²) < 4.78 is 29.2. The third-order valence-corrected chi connectivity index (χ3v) is 8.85. The first kappa shape index (κ1) is 18.6. The highest BCUT2D eigenvalue weighted by Gasteiger charge is 2.35. The molecule has 2 heterocycles. The van der Waals surface area contributed by atoms with Crippen molar-refractivity contribution < 1.29 is 8.42 Å². The minimum atomic E-state index is -3.56. The van der Waals surface area contributed by atoms with Crippen molar-refractivity contribution in [3.8, 4) is 5.69 Å². The Morgan fingerprint density at radius 1 is 0.645 bits per heavy atom. The highest BCUT2D eigenvalue weighted by molar-refractivity contribution is 9.15. The molecule has 0 unspecified atom stereocenters. The standard InChI is InChI=1S/C26H16BrNO2S/c27-25-21-9-3-6-12-24(21)31(29,30)26(25)17-13-15-18(16-14-17)28-22-10-4-1-7-19(22)20-8-2-5-11-23(20)28/h1-16H. The first-order chi connectivity index (χ1) is 15.1. The van der Waals surface area contributed by atoms with Crippen LogP contribution in [-0.2, 0) is 9.84 Å². The zero-order valence-corrected chi connectivity index (χ0v) is 18.7. The smallest absolute Gasteiger partial charge is 0.208 e. The molecular formula is C26H16BrNO2S. The SMILES string of the molecule is O=S1(=O)C(c2ccc(-n3c4ccccc4c4ccccc43)cc2)=C(Br)c2ccccc21. The second kappa shape index (κ2) is 6.67. The van der Waals surface area contributed by atoms with Crippen molar-refractivity contribution >= 4 is 57.0 Å². The van der Waals surface area contributed by atoms with Crippen LogP contribution in [0.15, 0.2) is 102 Å². The molecule has 5 heteroatoms. The van der Waals surface area contributed by atoms with Gasteiger partial charge in [0.1, 0.15) is 0 Å². The number of halogens is 1. The second-order valence-electron chi connectivity index (χ2n) is 7.56. The van der Waals surface area contributed by atoms with Gasteiger partial charge in [-0.05, 0) is 51.8 Å². The molecule has 1 aliphatic rings. The lowest BCUT2D eigenvalue weighted by Gasteiger charge is -2.10. The van der Waals surface area contributed by atoms with Crippen molar-refractivity contribution in [2.45, 2.75) is 4.90 Å². The van der Waals surface area contributed by atoms with Gasteiger partial charge in [-0.15, -0.1) is 0 Å². The van der Waals surface area contributed by atoms with E-state index >= 15 is 0 Å². The van der Waals surface area contributed by atoms with Gasteiger partial charge >= 0.3 is 0 Å². The highest BCUT2D eigenvalue weighted by atomic mass is 79.9. The average Bonchev–Trinajstić information content (AvgIpc) is 3.24. The summed E-state index contributed by atoms with van der Waals surface area (Å²) in [5.41, 5.74) is 4.62. The van der Waals surface area contributed by atoms with Gasteiger partial charge < -0.3 is 4.57 Å². The number of aromatic nitrogens is 1. The number of benzene rings is 4. The largest absolute Gasteiger partial charge is 0.309 e. The van der Waals surface area contributed by atoms with E-state index in [1.165, 1.54) is 10.8 Å². The van der Waals surface area contributed by atoms with Crippen molar-refractivity contribution in [1.82, 2.24) is 4.57 Å². The normalized spacial score (nSPS) is 15.0. The van der Waals surface area contributed by atoms with E-state index in [1.54, 1.807) is 12.1 Å².